The van der Waals surface area contributed by atoms with Gasteiger partial charge in [0.05, 0.1) is 5.52 Å². The number of halogens is 1. The maximum absolute atomic E-state index is 12.2. The first-order chi connectivity index (χ1) is 11.2. The van der Waals surface area contributed by atoms with E-state index in [2.05, 4.69) is 47.0 Å². The van der Waals surface area contributed by atoms with Crippen LogP contribution in [0, 0.1) is 0 Å². The monoisotopic (exact) mass is 388 g/mol. The Labute approximate surface area is 147 Å². The van der Waals surface area contributed by atoms with E-state index in [0.717, 1.165) is 10.9 Å². The molecule has 3 rings (SSSR count). The summed E-state index contributed by atoms with van der Waals surface area (Å²) >= 11 is 3.17. The van der Waals surface area contributed by atoms with Gasteiger partial charge in [-0.2, -0.15) is 0 Å². The average Bonchev–Trinajstić information content (AvgIpc) is 2.92. The van der Waals surface area contributed by atoms with Gasteiger partial charge in [0, 0.05) is 17.1 Å². The molecular formula is C18H17BrN2O3. The van der Waals surface area contributed by atoms with E-state index in [0.29, 0.717) is 15.9 Å². The highest BCUT2D eigenvalue weighted by Gasteiger charge is 2.18. The number of carbonyl (C=O) groups is 1. The van der Waals surface area contributed by atoms with Crippen LogP contribution in [0.5, 0.6) is 0 Å². The van der Waals surface area contributed by atoms with E-state index in [9.17, 15) is 9.59 Å². The molecule has 2 heterocycles. The number of aromatic amines is 1. The molecule has 3 aromatic rings. The van der Waals surface area contributed by atoms with Crippen molar-refractivity contribution in [2.24, 2.45) is 0 Å². The van der Waals surface area contributed by atoms with Gasteiger partial charge < -0.3 is 14.7 Å². The lowest BCUT2D eigenvalue weighted by molar-refractivity contribution is 0.0995. The van der Waals surface area contributed by atoms with Crippen LogP contribution < -0.4 is 10.9 Å². The van der Waals surface area contributed by atoms with Gasteiger partial charge in [-0.25, -0.2) is 0 Å². The number of fused-ring (bicyclic) bond motifs is 1. The summed E-state index contributed by atoms with van der Waals surface area (Å²) in [5, 5.41) is 3.72. The van der Waals surface area contributed by atoms with Crippen molar-refractivity contribution in [2.45, 2.75) is 26.2 Å². The molecule has 124 valence electrons. The summed E-state index contributed by atoms with van der Waals surface area (Å²) in [5.74, 6) is -0.145. The first-order valence-corrected chi connectivity index (χ1v) is 8.27. The molecule has 0 unspecified atom stereocenters. The second-order valence-corrected chi connectivity index (χ2v) is 7.40. The molecule has 24 heavy (non-hydrogen) atoms. The van der Waals surface area contributed by atoms with E-state index in [-0.39, 0.29) is 22.6 Å². The number of hydrogen-bond acceptors (Lipinski definition) is 3. The van der Waals surface area contributed by atoms with Crippen LogP contribution in [0.25, 0.3) is 10.9 Å². The molecule has 6 heteroatoms. The van der Waals surface area contributed by atoms with Crippen LogP contribution in [-0.2, 0) is 5.41 Å². The normalized spacial score (nSPS) is 11.7. The molecule has 0 radical (unpaired) electrons. The summed E-state index contributed by atoms with van der Waals surface area (Å²) in [6.45, 7) is 6.18. The van der Waals surface area contributed by atoms with Crippen molar-refractivity contribution >= 4 is 38.4 Å². The van der Waals surface area contributed by atoms with E-state index < -0.39 is 0 Å². The summed E-state index contributed by atoms with van der Waals surface area (Å²) < 4.78 is 5.73. The molecule has 0 spiro atoms. The molecule has 1 amide bonds. The molecule has 2 aromatic heterocycles. The standard InChI is InChI=1S/C18H17BrN2O3/c1-18(2,3)12-9-16(22)21-13-8-10(4-5-11(12)13)20-17(23)14-6-7-15(19)24-14/h4-9H,1-3H3,(H,20,23)(H,21,22). The van der Waals surface area contributed by atoms with Crippen molar-refractivity contribution in [1.29, 1.82) is 0 Å². The predicted octanol–water partition coefficient (Wildman–Crippen LogP) is 4.43. The highest BCUT2D eigenvalue weighted by molar-refractivity contribution is 9.10. The Bertz CT molecular complexity index is 980. The van der Waals surface area contributed by atoms with E-state index in [4.69, 9.17) is 4.42 Å². The van der Waals surface area contributed by atoms with E-state index in [1.54, 1.807) is 24.3 Å². The Kier molecular flexibility index (Phi) is 4.09. The molecule has 1 aromatic carbocycles. The number of amides is 1. The van der Waals surface area contributed by atoms with Gasteiger partial charge in [0.15, 0.2) is 10.4 Å². The Hall–Kier alpha value is -2.34. The molecule has 0 aliphatic rings. The van der Waals surface area contributed by atoms with Crippen molar-refractivity contribution in [3.63, 3.8) is 0 Å². The van der Waals surface area contributed by atoms with Crippen molar-refractivity contribution < 1.29 is 9.21 Å². The number of anilines is 1. The number of nitrogens with one attached hydrogen (secondary N) is 2. The van der Waals surface area contributed by atoms with Crippen LogP contribution in [0.4, 0.5) is 5.69 Å². The number of aromatic nitrogens is 1. The maximum Gasteiger partial charge on any atom is 0.291 e. The fraction of sp³-hybridized carbons (Fsp3) is 0.222. The minimum Gasteiger partial charge on any atom is -0.444 e. The summed E-state index contributed by atoms with van der Waals surface area (Å²) in [6, 6.07) is 10.3. The molecule has 0 fully saturated rings. The number of carbonyl (C=O) groups excluding carboxylic acids is 1. The number of furan rings is 1. The van der Waals surface area contributed by atoms with Crippen LogP contribution >= 0.6 is 15.9 Å². The lowest BCUT2D eigenvalue weighted by Crippen LogP contribution is -2.17. The molecule has 0 saturated carbocycles. The van der Waals surface area contributed by atoms with Gasteiger partial charge in [-0.05, 0) is 51.2 Å². The van der Waals surface area contributed by atoms with Crippen molar-refractivity contribution in [2.75, 3.05) is 5.32 Å². The van der Waals surface area contributed by atoms with Gasteiger partial charge in [0.2, 0.25) is 5.56 Å². The van der Waals surface area contributed by atoms with Crippen LogP contribution in [0.15, 0.2) is 50.3 Å². The minimum absolute atomic E-state index is 0.155. The average molecular weight is 389 g/mol. The molecule has 0 atom stereocenters. The molecule has 0 saturated heterocycles. The Balaban J connectivity index is 2.00. The van der Waals surface area contributed by atoms with Crippen LogP contribution in [-0.4, -0.2) is 10.9 Å². The Morgan fingerprint density at radius 2 is 1.92 bits per heavy atom. The number of H-pyrrole nitrogens is 1. The van der Waals surface area contributed by atoms with Crippen molar-refractivity contribution in [3.05, 3.63) is 62.7 Å². The second-order valence-electron chi connectivity index (χ2n) is 6.62. The fourth-order valence-electron chi connectivity index (χ4n) is 2.59. The van der Waals surface area contributed by atoms with Crippen molar-refractivity contribution in [1.82, 2.24) is 4.98 Å². The second kappa shape index (κ2) is 5.94. The van der Waals surface area contributed by atoms with Gasteiger partial charge in [-0.15, -0.1) is 0 Å². The zero-order chi connectivity index (χ0) is 17.5. The fourth-order valence-corrected chi connectivity index (χ4v) is 2.89. The summed E-state index contributed by atoms with van der Waals surface area (Å²) in [7, 11) is 0. The smallest absolute Gasteiger partial charge is 0.291 e. The van der Waals surface area contributed by atoms with E-state index >= 15 is 0 Å². The zero-order valence-electron chi connectivity index (χ0n) is 13.6. The van der Waals surface area contributed by atoms with E-state index in [1.165, 1.54) is 0 Å². The lowest BCUT2D eigenvalue weighted by Gasteiger charge is -2.21. The number of rotatable bonds is 2. The molecule has 0 aliphatic carbocycles. The predicted molar refractivity (Wildman–Crippen MR) is 97.6 cm³/mol. The van der Waals surface area contributed by atoms with E-state index in [1.807, 2.05) is 12.1 Å². The van der Waals surface area contributed by atoms with Gasteiger partial charge in [-0.1, -0.05) is 26.8 Å². The SMILES string of the molecule is CC(C)(C)c1cc(=O)[nH]c2cc(NC(=O)c3ccc(Br)o3)ccc12. The largest absolute Gasteiger partial charge is 0.444 e. The molecule has 0 bridgehead atoms. The van der Waals surface area contributed by atoms with Crippen molar-refractivity contribution in [3.8, 4) is 0 Å². The van der Waals surface area contributed by atoms with Gasteiger partial charge in [-0.3, -0.25) is 9.59 Å². The third kappa shape index (κ3) is 3.28. The third-order valence-corrected chi connectivity index (χ3v) is 4.13. The Morgan fingerprint density at radius 1 is 1.17 bits per heavy atom. The highest BCUT2D eigenvalue weighted by Crippen LogP contribution is 2.29. The summed E-state index contributed by atoms with van der Waals surface area (Å²) in [6.07, 6.45) is 0. The highest BCUT2D eigenvalue weighted by atomic mass is 79.9. The molecular weight excluding hydrogens is 372 g/mol. The quantitative estimate of drug-likeness (QED) is 0.681. The zero-order valence-corrected chi connectivity index (χ0v) is 15.2. The van der Waals surface area contributed by atoms with Gasteiger partial charge in [0.1, 0.15) is 0 Å². The molecule has 2 N–H and O–H groups in total. The van der Waals surface area contributed by atoms with Crippen LogP contribution in [0.3, 0.4) is 0 Å². The Morgan fingerprint density at radius 3 is 2.54 bits per heavy atom. The van der Waals surface area contributed by atoms with Gasteiger partial charge >= 0.3 is 0 Å². The number of hydrogen-bond donors (Lipinski definition) is 2. The molecule has 5 nitrogen and oxygen atoms in total. The summed E-state index contributed by atoms with van der Waals surface area (Å²) in [5.41, 5.74) is 1.92. The summed E-state index contributed by atoms with van der Waals surface area (Å²) in [4.78, 5) is 26.9. The topological polar surface area (TPSA) is 75.1 Å². The van der Waals surface area contributed by atoms with Crippen LogP contribution in [0.2, 0.25) is 0 Å². The lowest BCUT2D eigenvalue weighted by atomic mass is 9.85. The molecule has 0 aliphatic heterocycles. The maximum atomic E-state index is 12.2. The minimum atomic E-state index is -0.352. The third-order valence-electron chi connectivity index (χ3n) is 3.71. The van der Waals surface area contributed by atoms with Crippen LogP contribution in [0.1, 0.15) is 36.9 Å². The number of pyridine rings is 1. The van der Waals surface area contributed by atoms with Gasteiger partial charge in [0.25, 0.3) is 5.91 Å². The number of benzene rings is 1. The first-order valence-electron chi connectivity index (χ1n) is 7.48. The first kappa shape index (κ1) is 16.5.